The lowest BCUT2D eigenvalue weighted by molar-refractivity contribution is -0.0263. The molecule has 0 amide bonds. The van der Waals surface area contributed by atoms with E-state index in [1.165, 1.54) is 18.2 Å². The molecule has 0 radical (unpaired) electrons. The highest BCUT2D eigenvalue weighted by molar-refractivity contribution is 5.98. The summed E-state index contributed by atoms with van der Waals surface area (Å²) in [6.45, 7) is 5.36. The predicted molar refractivity (Wildman–Crippen MR) is 152 cm³/mol. The summed E-state index contributed by atoms with van der Waals surface area (Å²) >= 11 is 0. The third kappa shape index (κ3) is 5.11. The molecule has 0 bridgehead atoms. The highest BCUT2D eigenvalue weighted by Gasteiger charge is 2.38. The Morgan fingerprint density at radius 2 is 1.73 bits per heavy atom. The van der Waals surface area contributed by atoms with Crippen LogP contribution >= 0.6 is 0 Å². The van der Waals surface area contributed by atoms with Crippen molar-refractivity contribution in [3.63, 3.8) is 0 Å². The number of ether oxygens (including phenoxy) is 2. The topological polar surface area (TPSA) is 64.3 Å². The minimum Gasteiger partial charge on any atom is -0.458 e. The average Bonchev–Trinajstić information content (AvgIpc) is 3.61. The van der Waals surface area contributed by atoms with Crippen molar-refractivity contribution in [2.24, 2.45) is 10.9 Å². The van der Waals surface area contributed by atoms with Gasteiger partial charge in [0.2, 0.25) is 12.0 Å². The van der Waals surface area contributed by atoms with Gasteiger partial charge in [-0.3, -0.25) is 9.79 Å². The fraction of sp³-hybridized carbons (Fsp3) is 0.273. The van der Waals surface area contributed by atoms with Crippen LogP contribution in [0.25, 0.3) is 11.0 Å². The standard InChI is InChI=1S/C33H31FN2O4/c1-21(2)30(36-16-15-35-33(36)28-20-38-29(39-28)18-23-11-7-4-8-12-23)32-26(17-22-9-5-3-6-10-22)31(37)25-14-13-24(34)19-27(25)40-32/h3-14,19-21,29-30H,15-18H2,1-2H3. The lowest BCUT2D eigenvalue weighted by atomic mass is 9.92. The van der Waals surface area contributed by atoms with Gasteiger partial charge in [-0.25, -0.2) is 4.39 Å². The maximum absolute atomic E-state index is 14.2. The molecule has 0 saturated heterocycles. The number of aliphatic imine (C=N–C) groups is 1. The molecule has 3 heterocycles. The van der Waals surface area contributed by atoms with Gasteiger partial charge in [0.05, 0.1) is 18.0 Å². The van der Waals surface area contributed by atoms with Crippen molar-refractivity contribution >= 4 is 16.8 Å². The maximum Gasteiger partial charge on any atom is 0.244 e. The molecule has 2 aliphatic rings. The maximum atomic E-state index is 14.2. The number of halogens is 1. The van der Waals surface area contributed by atoms with Gasteiger partial charge in [-0.2, -0.15) is 0 Å². The SMILES string of the molecule is CC(C)C(c1oc2cc(F)ccc2c(=O)c1Cc1ccccc1)N1CCN=C1C1=COC(Cc2ccccc2)O1. The van der Waals surface area contributed by atoms with E-state index in [0.717, 1.165) is 11.1 Å². The minimum absolute atomic E-state index is 0.0371. The summed E-state index contributed by atoms with van der Waals surface area (Å²) in [5, 5.41) is 0.368. The molecule has 2 atom stereocenters. The van der Waals surface area contributed by atoms with E-state index in [-0.39, 0.29) is 23.0 Å². The summed E-state index contributed by atoms with van der Waals surface area (Å²) in [4.78, 5) is 20.8. The van der Waals surface area contributed by atoms with Gasteiger partial charge in [0.25, 0.3) is 0 Å². The third-order valence-electron chi connectivity index (χ3n) is 7.36. The van der Waals surface area contributed by atoms with Crippen LogP contribution in [0.5, 0.6) is 0 Å². The summed E-state index contributed by atoms with van der Waals surface area (Å²) in [5.74, 6) is 1.34. The Morgan fingerprint density at radius 3 is 2.45 bits per heavy atom. The van der Waals surface area contributed by atoms with Gasteiger partial charge >= 0.3 is 0 Å². The number of hydrogen-bond acceptors (Lipinski definition) is 6. The van der Waals surface area contributed by atoms with Crippen LogP contribution in [0.1, 0.15) is 42.3 Å². The van der Waals surface area contributed by atoms with Crippen molar-refractivity contribution < 1.29 is 18.3 Å². The van der Waals surface area contributed by atoms with Crippen LogP contribution in [0.15, 0.2) is 105 Å². The molecule has 3 aromatic carbocycles. The van der Waals surface area contributed by atoms with Crippen LogP contribution in [0.2, 0.25) is 0 Å². The molecular formula is C33H31FN2O4. The fourth-order valence-corrected chi connectivity index (χ4v) is 5.52. The molecule has 7 heteroatoms. The number of rotatable bonds is 8. The zero-order valence-corrected chi connectivity index (χ0v) is 22.5. The molecule has 0 fully saturated rings. The van der Waals surface area contributed by atoms with E-state index in [1.54, 1.807) is 6.26 Å². The van der Waals surface area contributed by atoms with Crippen LogP contribution < -0.4 is 5.43 Å². The highest BCUT2D eigenvalue weighted by Crippen LogP contribution is 2.36. The zero-order valence-electron chi connectivity index (χ0n) is 22.5. The van der Waals surface area contributed by atoms with Gasteiger partial charge in [-0.05, 0) is 29.2 Å². The first kappa shape index (κ1) is 25.9. The van der Waals surface area contributed by atoms with E-state index >= 15 is 0 Å². The number of amidine groups is 1. The van der Waals surface area contributed by atoms with Crippen molar-refractivity contribution in [3.8, 4) is 0 Å². The summed E-state index contributed by atoms with van der Waals surface area (Å²) in [7, 11) is 0. The number of fused-ring (bicyclic) bond motifs is 1. The van der Waals surface area contributed by atoms with Gasteiger partial charge < -0.3 is 18.8 Å². The van der Waals surface area contributed by atoms with Gasteiger partial charge in [0.1, 0.15) is 23.4 Å². The predicted octanol–water partition coefficient (Wildman–Crippen LogP) is 6.39. The first-order valence-corrected chi connectivity index (χ1v) is 13.6. The summed E-state index contributed by atoms with van der Waals surface area (Å²) in [6, 6.07) is 23.6. The van der Waals surface area contributed by atoms with Crippen molar-refractivity contribution in [1.29, 1.82) is 0 Å². The number of hydrogen-bond donors (Lipinski definition) is 0. The van der Waals surface area contributed by atoms with Gasteiger partial charge in [0.15, 0.2) is 11.3 Å². The summed E-state index contributed by atoms with van der Waals surface area (Å²) < 4.78 is 32.8. The van der Waals surface area contributed by atoms with E-state index in [1.807, 2.05) is 60.7 Å². The van der Waals surface area contributed by atoms with E-state index in [0.29, 0.717) is 54.2 Å². The Kier molecular flexibility index (Phi) is 7.11. The molecule has 40 heavy (non-hydrogen) atoms. The second-order valence-corrected chi connectivity index (χ2v) is 10.5. The molecule has 0 aliphatic carbocycles. The highest BCUT2D eigenvalue weighted by atomic mass is 19.1. The quantitative estimate of drug-likeness (QED) is 0.260. The Hall–Kier alpha value is -4.39. The lowest BCUT2D eigenvalue weighted by Gasteiger charge is -2.33. The smallest absolute Gasteiger partial charge is 0.244 e. The van der Waals surface area contributed by atoms with Gasteiger partial charge in [-0.15, -0.1) is 0 Å². The molecule has 204 valence electrons. The van der Waals surface area contributed by atoms with E-state index in [2.05, 4.69) is 18.7 Å². The fourth-order valence-electron chi connectivity index (χ4n) is 5.52. The molecule has 6 nitrogen and oxygen atoms in total. The average molecular weight is 539 g/mol. The van der Waals surface area contributed by atoms with Crippen molar-refractivity contribution in [2.45, 2.75) is 39.0 Å². The molecule has 4 aromatic rings. The molecule has 2 aliphatic heterocycles. The van der Waals surface area contributed by atoms with Crippen LogP contribution in [-0.2, 0) is 22.3 Å². The van der Waals surface area contributed by atoms with E-state index in [9.17, 15) is 9.18 Å². The molecular weight excluding hydrogens is 507 g/mol. The Bertz CT molecular complexity index is 1630. The first-order chi connectivity index (χ1) is 19.5. The van der Waals surface area contributed by atoms with Crippen molar-refractivity contribution in [2.75, 3.05) is 13.1 Å². The van der Waals surface area contributed by atoms with Crippen molar-refractivity contribution in [1.82, 2.24) is 4.90 Å². The molecule has 0 spiro atoms. The number of benzene rings is 3. The summed E-state index contributed by atoms with van der Waals surface area (Å²) in [6.07, 6.45) is 2.18. The van der Waals surface area contributed by atoms with E-state index in [4.69, 9.17) is 18.9 Å². The first-order valence-electron chi connectivity index (χ1n) is 13.6. The molecule has 6 rings (SSSR count). The van der Waals surface area contributed by atoms with Crippen molar-refractivity contribution in [3.05, 3.63) is 129 Å². The lowest BCUT2D eigenvalue weighted by Crippen LogP contribution is -2.37. The Labute approximate surface area is 232 Å². The van der Waals surface area contributed by atoms with Crippen LogP contribution in [0.3, 0.4) is 0 Å². The monoisotopic (exact) mass is 538 g/mol. The molecule has 0 N–H and O–H groups in total. The largest absolute Gasteiger partial charge is 0.458 e. The minimum atomic E-state index is -0.451. The van der Waals surface area contributed by atoms with Crippen LogP contribution in [0, 0.1) is 11.7 Å². The number of nitrogens with zero attached hydrogens (tertiary/aromatic N) is 2. The molecule has 2 unspecified atom stereocenters. The zero-order chi connectivity index (χ0) is 27.6. The second-order valence-electron chi connectivity index (χ2n) is 10.5. The summed E-state index contributed by atoms with van der Waals surface area (Å²) in [5.41, 5.74) is 2.76. The molecule has 1 aromatic heterocycles. The third-order valence-corrected chi connectivity index (χ3v) is 7.36. The Morgan fingerprint density at radius 1 is 1.00 bits per heavy atom. The van der Waals surface area contributed by atoms with Crippen LogP contribution in [0.4, 0.5) is 4.39 Å². The second kappa shape index (κ2) is 11.0. The van der Waals surface area contributed by atoms with Crippen LogP contribution in [-0.4, -0.2) is 30.1 Å². The Balaban J connectivity index is 1.37. The van der Waals surface area contributed by atoms with Gasteiger partial charge in [-0.1, -0.05) is 74.5 Å². The normalized spacial score (nSPS) is 17.5. The van der Waals surface area contributed by atoms with Gasteiger partial charge in [0, 0.05) is 31.0 Å². The van der Waals surface area contributed by atoms with E-state index < -0.39 is 12.1 Å². The molecule has 0 saturated carbocycles.